The second kappa shape index (κ2) is 7.41. The smallest absolute Gasteiger partial charge is 0.338 e. The van der Waals surface area contributed by atoms with E-state index in [4.69, 9.17) is 9.84 Å². The van der Waals surface area contributed by atoms with Gasteiger partial charge in [0.25, 0.3) is 5.69 Å². The number of methoxy groups -OCH3 is 1. The van der Waals surface area contributed by atoms with Crippen molar-refractivity contribution in [1.82, 2.24) is 0 Å². The van der Waals surface area contributed by atoms with Crippen LogP contribution in [0.4, 0.5) is 11.4 Å². The number of nitrogens with one attached hydrogen (secondary N) is 1. The number of carboxylic acids is 1. The van der Waals surface area contributed by atoms with Crippen molar-refractivity contribution in [3.63, 3.8) is 0 Å². The van der Waals surface area contributed by atoms with E-state index in [1.807, 2.05) is 0 Å². The van der Waals surface area contributed by atoms with Gasteiger partial charge in [0.1, 0.15) is 0 Å². The summed E-state index contributed by atoms with van der Waals surface area (Å²) in [7, 11) is 1.47. The summed E-state index contributed by atoms with van der Waals surface area (Å²) in [6, 6.07) is 3.56. The normalized spacial score (nSPS) is 11.9. The van der Waals surface area contributed by atoms with Gasteiger partial charge in [-0.3, -0.25) is 10.1 Å². The van der Waals surface area contributed by atoms with Crippen molar-refractivity contribution >= 4 is 17.3 Å². The van der Waals surface area contributed by atoms with E-state index < -0.39 is 17.0 Å². The van der Waals surface area contributed by atoms with Gasteiger partial charge in [0.15, 0.2) is 0 Å². The number of non-ortho nitro benzene ring substituents is 1. The van der Waals surface area contributed by atoms with Crippen LogP contribution in [0.3, 0.4) is 0 Å². The minimum Gasteiger partial charge on any atom is -0.478 e. The summed E-state index contributed by atoms with van der Waals surface area (Å²) in [6.07, 6.45) is -0.289. The van der Waals surface area contributed by atoms with Crippen LogP contribution in [-0.4, -0.2) is 47.5 Å². The number of aromatic carboxylic acids is 1. The molecule has 8 nitrogen and oxygen atoms in total. The van der Waals surface area contributed by atoms with Gasteiger partial charge in [0, 0.05) is 31.5 Å². The van der Waals surface area contributed by atoms with Crippen LogP contribution in [0.15, 0.2) is 18.2 Å². The van der Waals surface area contributed by atoms with E-state index in [0.29, 0.717) is 13.0 Å². The van der Waals surface area contributed by atoms with Gasteiger partial charge in [-0.15, -0.1) is 0 Å². The summed E-state index contributed by atoms with van der Waals surface area (Å²) < 4.78 is 4.76. The van der Waals surface area contributed by atoms with Crippen molar-refractivity contribution in [2.75, 3.05) is 25.6 Å². The monoisotopic (exact) mass is 284 g/mol. The zero-order valence-corrected chi connectivity index (χ0v) is 10.9. The maximum Gasteiger partial charge on any atom is 0.338 e. The predicted molar refractivity (Wildman–Crippen MR) is 71.0 cm³/mol. The van der Waals surface area contributed by atoms with Crippen LogP contribution < -0.4 is 5.32 Å². The highest BCUT2D eigenvalue weighted by Gasteiger charge is 2.16. The van der Waals surface area contributed by atoms with Gasteiger partial charge in [0.05, 0.1) is 23.2 Å². The Labute approximate surface area is 115 Å². The molecule has 0 saturated carbocycles. The summed E-state index contributed by atoms with van der Waals surface area (Å²) in [6.45, 7) is 0.510. The third-order valence-electron chi connectivity index (χ3n) is 2.60. The van der Waals surface area contributed by atoms with Crippen LogP contribution in [0.25, 0.3) is 0 Å². The maximum absolute atomic E-state index is 11.1. The first-order valence-electron chi connectivity index (χ1n) is 5.88. The lowest BCUT2D eigenvalue weighted by atomic mass is 10.1. The Kier molecular flexibility index (Phi) is 5.88. The molecule has 1 atom stereocenters. The number of nitro benzene ring substituents is 1. The molecular formula is C12H16N2O6. The Morgan fingerprint density at radius 3 is 2.80 bits per heavy atom. The highest BCUT2D eigenvalue weighted by molar-refractivity contribution is 5.95. The van der Waals surface area contributed by atoms with Gasteiger partial charge in [-0.05, 0) is 12.5 Å². The number of anilines is 1. The standard InChI is InChI=1S/C12H16N2O6/c1-20-7-9(15)4-5-13-11-3-2-8(14(18)19)6-10(11)12(16)17/h2-3,6,9,13,15H,4-5,7H2,1H3,(H,16,17). The molecule has 0 amide bonds. The average molecular weight is 284 g/mol. The molecule has 1 rings (SSSR count). The number of aliphatic hydroxyl groups excluding tert-OH is 1. The fourth-order valence-corrected chi connectivity index (χ4v) is 1.63. The highest BCUT2D eigenvalue weighted by Crippen LogP contribution is 2.22. The predicted octanol–water partition coefficient (Wildman–Crippen LogP) is 1.10. The third-order valence-corrected chi connectivity index (χ3v) is 2.60. The van der Waals surface area contributed by atoms with Crippen molar-refractivity contribution in [3.8, 4) is 0 Å². The molecule has 0 saturated heterocycles. The van der Waals surface area contributed by atoms with Crippen LogP contribution >= 0.6 is 0 Å². The van der Waals surface area contributed by atoms with E-state index in [2.05, 4.69) is 5.32 Å². The molecule has 0 aromatic heterocycles. The Morgan fingerprint density at radius 2 is 2.25 bits per heavy atom. The molecular weight excluding hydrogens is 268 g/mol. The van der Waals surface area contributed by atoms with Crippen LogP contribution in [0.1, 0.15) is 16.8 Å². The number of hydrogen-bond donors (Lipinski definition) is 3. The molecule has 0 radical (unpaired) electrons. The SMILES string of the molecule is COCC(O)CCNc1ccc([N+](=O)[O-])cc1C(=O)O. The molecule has 0 aliphatic heterocycles. The summed E-state index contributed by atoms with van der Waals surface area (Å²) in [5.41, 5.74) is -0.194. The minimum absolute atomic E-state index is 0.180. The van der Waals surface area contributed by atoms with Crippen molar-refractivity contribution in [1.29, 1.82) is 0 Å². The van der Waals surface area contributed by atoms with Gasteiger partial charge >= 0.3 is 5.97 Å². The van der Waals surface area contributed by atoms with Gasteiger partial charge in [0.2, 0.25) is 0 Å². The number of carboxylic acid groups (broad SMARTS) is 1. The molecule has 20 heavy (non-hydrogen) atoms. The molecule has 8 heteroatoms. The Balaban J connectivity index is 2.74. The maximum atomic E-state index is 11.1. The summed E-state index contributed by atoms with van der Waals surface area (Å²) in [5.74, 6) is -1.26. The Hall–Kier alpha value is -2.19. The molecule has 0 aliphatic rings. The van der Waals surface area contributed by atoms with Crippen LogP contribution in [0.2, 0.25) is 0 Å². The van der Waals surface area contributed by atoms with Gasteiger partial charge in [-0.25, -0.2) is 4.79 Å². The van der Waals surface area contributed by atoms with E-state index >= 15 is 0 Å². The third kappa shape index (κ3) is 4.48. The second-order valence-corrected chi connectivity index (χ2v) is 4.12. The van der Waals surface area contributed by atoms with E-state index in [-0.39, 0.29) is 23.5 Å². The van der Waals surface area contributed by atoms with Gasteiger partial charge in [-0.2, -0.15) is 0 Å². The number of hydrogen-bond acceptors (Lipinski definition) is 6. The Morgan fingerprint density at radius 1 is 1.55 bits per heavy atom. The van der Waals surface area contributed by atoms with Crippen LogP contribution in [0.5, 0.6) is 0 Å². The van der Waals surface area contributed by atoms with E-state index in [1.165, 1.54) is 19.2 Å². The number of rotatable bonds is 8. The second-order valence-electron chi connectivity index (χ2n) is 4.12. The summed E-state index contributed by atoms with van der Waals surface area (Å²) >= 11 is 0. The first kappa shape index (κ1) is 15.9. The first-order chi connectivity index (χ1) is 9.45. The number of benzene rings is 1. The zero-order valence-electron chi connectivity index (χ0n) is 10.9. The summed E-state index contributed by atoms with van der Waals surface area (Å²) in [5, 5.41) is 31.9. The van der Waals surface area contributed by atoms with E-state index in [0.717, 1.165) is 6.07 Å². The molecule has 1 unspecified atom stereocenters. The number of nitro groups is 1. The lowest BCUT2D eigenvalue weighted by Crippen LogP contribution is -2.19. The molecule has 0 aliphatic carbocycles. The zero-order chi connectivity index (χ0) is 15.1. The first-order valence-corrected chi connectivity index (χ1v) is 5.88. The molecule has 110 valence electrons. The molecule has 1 aromatic carbocycles. The fourth-order valence-electron chi connectivity index (χ4n) is 1.63. The lowest BCUT2D eigenvalue weighted by Gasteiger charge is -2.12. The van der Waals surface area contributed by atoms with E-state index in [1.54, 1.807) is 0 Å². The van der Waals surface area contributed by atoms with Crippen molar-refractivity contribution in [2.45, 2.75) is 12.5 Å². The van der Waals surface area contributed by atoms with Gasteiger partial charge < -0.3 is 20.3 Å². The number of carbonyl (C=O) groups is 1. The molecule has 0 fully saturated rings. The number of nitrogens with zero attached hydrogens (tertiary/aromatic N) is 1. The minimum atomic E-state index is -1.26. The number of ether oxygens (including phenoxy) is 1. The van der Waals surface area contributed by atoms with Crippen molar-refractivity contribution < 1.29 is 24.7 Å². The van der Waals surface area contributed by atoms with Crippen molar-refractivity contribution in [3.05, 3.63) is 33.9 Å². The molecule has 0 heterocycles. The highest BCUT2D eigenvalue weighted by atomic mass is 16.6. The van der Waals surface area contributed by atoms with E-state index in [9.17, 15) is 20.0 Å². The Bertz CT molecular complexity index is 491. The van der Waals surface area contributed by atoms with Gasteiger partial charge in [-0.1, -0.05) is 0 Å². The largest absolute Gasteiger partial charge is 0.478 e. The number of aliphatic hydroxyl groups is 1. The molecule has 3 N–H and O–H groups in total. The fraction of sp³-hybridized carbons (Fsp3) is 0.417. The topological polar surface area (TPSA) is 122 Å². The molecule has 0 bridgehead atoms. The molecule has 0 spiro atoms. The summed E-state index contributed by atoms with van der Waals surface area (Å²) in [4.78, 5) is 21.0. The lowest BCUT2D eigenvalue weighted by molar-refractivity contribution is -0.384. The van der Waals surface area contributed by atoms with Crippen molar-refractivity contribution in [2.24, 2.45) is 0 Å². The quantitative estimate of drug-likeness (QED) is 0.482. The average Bonchev–Trinajstić information content (AvgIpc) is 2.38. The molecule has 1 aromatic rings. The van der Waals surface area contributed by atoms with Crippen LogP contribution in [-0.2, 0) is 4.74 Å². The van der Waals surface area contributed by atoms with Crippen LogP contribution in [0, 0.1) is 10.1 Å².